The van der Waals surface area contributed by atoms with Crippen molar-refractivity contribution in [2.75, 3.05) is 7.11 Å². The number of ether oxygens (including phenoxy) is 1. The lowest BCUT2D eigenvalue weighted by atomic mass is 10.2. The van der Waals surface area contributed by atoms with Crippen LogP contribution >= 0.6 is 11.6 Å². The molecule has 0 saturated carbocycles. The fourth-order valence-electron chi connectivity index (χ4n) is 1.26. The van der Waals surface area contributed by atoms with Crippen molar-refractivity contribution in [2.24, 2.45) is 0 Å². The number of benzene rings is 1. The number of halogens is 1. The lowest BCUT2D eigenvalue weighted by molar-refractivity contribution is 0.0654. The maximum absolute atomic E-state index is 10.6. The molecule has 0 bridgehead atoms. The van der Waals surface area contributed by atoms with Gasteiger partial charge in [0.05, 0.1) is 12.7 Å². The summed E-state index contributed by atoms with van der Waals surface area (Å²) in [5, 5.41) is 16.2. The lowest BCUT2D eigenvalue weighted by Gasteiger charge is -2.04. The molecule has 0 amide bonds. The van der Waals surface area contributed by atoms with E-state index >= 15 is 0 Å². The average molecular weight is 255 g/mol. The van der Waals surface area contributed by atoms with Crippen LogP contribution in [-0.4, -0.2) is 28.4 Å². The highest BCUT2D eigenvalue weighted by Gasteiger charge is 2.17. The molecular formula is C10H7ClN2O4. The smallest absolute Gasteiger partial charge is 0.393 e. The first-order valence-corrected chi connectivity index (χ1v) is 4.90. The van der Waals surface area contributed by atoms with Crippen LogP contribution in [0.1, 0.15) is 10.7 Å². The minimum atomic E-state index is -1.28. The molecule has 0 atom stereocenters. The van der Waals surface area contributed by atoms with E-state index in [0.717, 1.165) is 0 Å². The van der Waals surface area contributed by atoms with Crippen molar-refractivity contribution in [3.8, 4) is 17.2 Å². The van der Waals surface area contributed by atoms with Gasteiger partial charge < -0.3 is 14.3 Å². The Labute approximate surface area is 101 Å². The van der Waals surface area contributed by atoms with Gasteiger partial charge in [-0.05, 0) is 18.2 Å². The van der Waals surface area contributed by atoms with Crippen LogP contribution in [0, 0.1) is 0 Å². The normalized spacial score (nSPS) is 10.2. The van der Waals surface area contributed by atoms with Gasteiger partial charge in [0.1, 0.15) is 5.75 Å². The summed E-state index contributed by atoms with van der Waals surface area (Å²) in [7, 11) is 1.46. The molecule has 1 N–H and O–H groups in total. The number of methoxy groups -OCH3 is 1. The van der Waals surface area contributed by atoms with Crippen LogP contribution in [-0.2, 0) is 0 Å². The first-order valence-electron chi connectivity index (χ1n) is 4.52. The van der Waals surface area contributed by atoms with Crippen molar-refractivity contribution in [2.45, 2.75) is 0 Å². The van der Waals surface area contributed by atoms with E-state index in [4.69, 9.17) is 25.9 Å². The van der Waals surface area contributed by atoms with E-state index in [1.54, 1.807) is 18.2 Å². The van der Waals surface area contributed by atoms with E-state index in [9.17, 15) is 4.79 Å². The van der Waals surface area contributed by atoms with Crippen molar-refractivity contribution in [1.29, 1.82) is 0 Å². The van der Waals surface area contributed by atoms with E-state index in [1.807, 2.05) is 0 Å². The molecule has 0 saturated heterocycles. The van der Waals surface area contributed by atoms with Gasteiger partial charge in [0.15, 0.2) is 0 Å². The highest BCUT2D eigenvalue weighted by atomic mass is 35.5. The van der Waals surface area contributed by atoms with E-state index in [1.165, 1.54) is 7.11 Å². The number of hydrogen-bond acceptors (Lipinski definition) is 5. The Morgan fingerprint density at radius 1 is 1.47 bits per heavy atom. The first kappa shape index (κ1) is 11.4. The fourth-order valence-corrected chi connectivity index (χ4v) is 1.42. The van der Waals surface area contributed by atoms with Crippen molar-refractivity contribution < 1.29 is 19.1 Å². The Hall–Kier alpha value is -2.08. The summed E-state index contributed by atoms with van der Waals surface area (Å²) < 4.78 is 10.1. The largest absolute Gasteiger partial charge is 0.496 e. The fraction of sp³-hybridized carbons (Fsp3) is 0.100. The number of carbonyl (C=O) groups is 1. The SMILES string of the molecule is COc1cc(Cl)ccc1-c1nnc(C(=O)O)o1. The lowest BCUT2D eigenvalue weighted by Crippen LogP contribution is -1.95. The number of nitrogens with zero attached hydrogens (tertiary/aromatic N) is 2. The maximum atomic E-state index is 10.6. The zero-order valence-electron chi connectivity index (χ0n) is 8.68. The Kier molecular flexibility index (Phi) is 2.97. The molecule has 6 nitrogen and oxygen atoms in total. The molecule has 7 heteroatoms. The first-order chi connectivity index (χ1) is 8.11. The molecule has 0 fully saturated rings. The molecular weight excluding hydrogens is 248 g/mol. The molecule has 1 aromatic carbocycles. The minimum Gasteiger partial charge on any atom is -0.496 e. The molecule has 2 rings (SSSR count). The van der Waals surface area contributed by atoms with Crippen molar-refractivity contribution in [1.82, 2.24) is 10.2 Å². The highest BCUT2D eigenvalue weighted by molar-refractivity contribution is 6.30. The van der Waals surface area contributed by atoms with Crippen LogP contribution in [0.3, 0.4) is 0 Å². The molecule has 0 aliphatic carbocycles. The zero-order valence-corrected chi connectivity index (χ0v) is 9.43. The summed E-state index contributed by atoms with van der Waals surface area (Å²) in [5.41, 5.74) is 0.483. The molecule has 1 aromatic heterocycles. The molecule has 17 heavy (non-hydrogen) atoms. The summed E-state index contributed by atoms with van der Waals surface area (Å²) in [6, 6.07) is 4.80. The second-order valence-electron chi connectivity index (χ2n) is 3.06. The molecule has 0 radical (unpaired) electrons. The molecule has 1 heterocycles. The second kappa shape index (κ2) is 4.42. The molecule has 0 unspecified atom stereocenters. The third-order valence-electron chi connectivity index (χ3n) is 2.00. The van der Waals surface area contributed by atoms with Gasteiger partial charge >= 0.3 is 11.9 Å². The predicted molar refractivity (Wildman–Crippen MR) is 58.3 cm³/mol. The minimum absolute atomic E-state index is 0.0657. The topological polar surface area (TPSA) is 85.5 Å². The van der Waals surface area contributed by atoms with E-state index < -0.39 is 11.9 Å². The van der Waals surface area contributed by atoms with Crippen molar-refractivity contribution >= 4 is 17.6 Å². The molecule has 0 aliphatic rings. The monoisotopic (exact) mass is 254 g/mol. The van der Waals surface area contributed by atoms with Gasteiger partial charge in [-0.25, -0.2) is 4.79 Å². The van der Waals surface area contributed by atoms with Crippen LogP contribution in [0.4, 0.5) is 0 Å². The maximum Gasteiger partial charge on any atom is 0.393 e. The van der Waals surface area contributed by atoms with Gasteiger partial charge in [-0.2, -0.15) is 0 Å². The predicted octanol–water partition coefficient (Wildman–Crippen LogP) is 2.10. The Morgan fingerprint density at radius 2 is 2.24 bits per heavy atom. The van der Waals surface area contributed by atoms with Gasteiger partial charge in [0.2, 0.25) is 0 Å². The number of carboxylic acids is 1. The number of rotatable bonds is 3. The van der Waals surface area contributed by atoms with Crippen LogP contribution in [0.5, 0.6) is 5.75 Å². The Balaban J connectivity index is 2.48. The summed E-state index contributed by atoms with van der Waals surface area (Å²) in [6.45, 7) is 0. The van der Waals surface area contributed by atoms with Crippen molar-refractivity contribution in [3.63, 3.8) is 0 Å². The van der Waals surface area contributed by atoms with Crippen LogP contribution < -0.4 is 4.74 Å². The van der Waals surface area contributed by atoms with E-state index in [-0.39, 0.29) is 5.89 Å². The van der Waals surface area contributed by atoms with Crippen LogP contribution in [0.15, 0.2) is 22.6 Å². The molecule has 88 valence electrons. The highest BCUT2D eigenvalue weighted by Crippen LogP contribution is 2.31. The quantitative estimate of drug-likeness (QED) is 0.903. The molecule has 0 aliphatic heterocycles. The third kappa shape index (κ3) is 2.21. The second-order valence-corrected chi connectivity index (χ2v) is 3.50. The van der Waals surface area contributed by atoms with Gasteiger partial charge in [-0.15, -0.1) is 10.2 Å². The third-order valence-corrected chi connectivity index (χ3v) is 2.24. The Morgan fingerprint density at radius 3 is 2.82 bits per heavy atom. The van der Waals surface area contributed by atoms with E-state index in [0.29, 0.717) is 16.3 Å². The Bertz CT molecular complexity index is 567. The summed E-state index contributed by atoms with van der Waals surface area (Å²) >= 11 is 5.80. The average Bonchev–Trinajstić information content (AvgIpc) is 2.78. The number of aromatic carboxylic acids is 1. The molecule has 0 spiro atoms. The van der Waals surface area contributed by atoms with Gasteiger partial charge in [-0.1, -0.05) is 11.6 Å². The zero-order chi connectivity index (χ0) is 12.4. The van der Waals surface area contributed by atoms with Crippen molar-refractivity contribution in [3.05, 3.63) is 29.1 Å². The summed E-state index contributed by atoms with van der Waals surface area (Å²) in [5.74, 6) is -1.26. The number of aromatic nitrogens is 2. The summed E-state index contributed by atoms with van der Waals surface area (Å²) in [4.78, 5) is 10.6. The van der Waals surface area contributed by atoms with Gasteiger partial charge in [0.25, 0.3) is 5.89 Å². The summed E-state index contributed by atoms with van der Waals surface area (Å²) in [6.07, 6.45) is 0. The van der Waals surface area contributed by atoms with Gasteiger partial charge in [0, 0.05) is 5.02 Å². The van der Waals surface area contributed by atoms with Gasteiger partial charge in [-0.3, -0.25) is 0 Å². The van der Waals surface area contributed by atoms with Crippen LogP contribution in [0.25, 0.3) is 11.5 Å². The van der Waals surface area contributed by atoms with Crippen LogP contribution in [0.2, 0.25) is 5.02 Å². The number of carboxylic acid groups (broad SMARTS) is 1. The standard InChI is InChI=1S/C10H7ClN2O4/c1-16-7-4-5(11)2-3-6(7)8-12-13-9(17-8)10(14)15/h2-4H,1H3,(H,14,15). The van der Waals surface area contributed by atoms with E-state index in [2.05, 4.69) is 10.2 Å². The molecule has 2 aromatic rings. The number of hydrogen-bond donors (Lipinski definition) is 1.